The quantitative estimate of drug-likeness (QED) is 0.448. The molecule has 2 heterocycles. The van der Waals surface area contributed by atoms with Gasteiger partial charge in [-0.05, 0) is 36.3 Å². The van der Waals surface area contributed by atoms with Crippen LogP contribution in [0.15, 0.2) is 77.7 Å². The molecule has 41 heavy (non-hydrogen) atoms. The largest absolute Gasteiger partial charge is 0.387 e. The van der Waals surface area contributed by atoms with Gasteiger partial charge in [-0.3, -0.25) is 14.4 Å². The number of hydrogen-bond donors (Lipinski definition) is 1. The number of aromatic nitrogens is 1. The minimum Gasteiger partial charge on any atom is -0.387 e. The van der Waals surface area contributed by atoms with E-state index in [1.807, 2.05) is 53.4 Å². The molecule has 216 valence electrons. The first-order valence-corrected chi connectivity index (χ1v) is 14.7. The fourth-order valence-electron chi connectivity index (χ4n) is 6.85. The number of aliphatic hydroxyl groups is 1. The van der Waals surface area contributed by atoms with E-state index in [0.717, 1.165) is 36.8 Å². The maximum Gasteiger partial charge on any atom is 0.255 e. The van der Waals surface area contributed by atoms with Gasteiger partial charge in [0, 0.05) is 56.8 Å². The highest BCUT2D eigenvalue weighted by atomic mass is 16.3. The van der Waals surface area contributed by atoms with Gasteiger partial charge in [-0.15, -0.1) is 0 Å². The fraction of sp³-hybridized carbons (Fsp3) is 0.441. The SMILES string of the molecule is C[C@H](CC(=O)N1CCC(O)(Cn2cc(C(=O)N(C)C)c(-c3ccccc3)cc2=O)C2(CCCC2)C1)c1ccccc1. The third-order valence-electron chi connectivity index (χ3n) is 9.32. The number of hydrogen-bond acceptors (Lipinski definition) is 4. The molecular weight excluding hydrogens is 514 g/mol. The molecule has 1 saturated heterocycles. The summed E-state index contributed by atoms with van der Waals surface area (Å²) in [6.45, 7) is 3.11. The van der Waals surface area contributed by atoms with Gasteiger partial charge in [0.25, 0.3) is 11.5 Å². The third-order valence-corrected chi connectivity index (χ3v) is 9.32. The maximum absolute atomic E-state index is 13.5. The Balaban J connectivity index is 1.42. The van der Waals surface area contributed by atoms with Crippen molar-refractivity contribution in [2.75, 3.05) is 27.2 Å². The highest BCUT2D eigenvalue weighted by Gasteiger charge is 2.55. The van der Waals surface area contributed by atoms with Crippen LogP contribution in [0.1, 0.15) is 67.3 Å². The zero-order chi connectivity index (χ0) is 29.2. The van der Waals surface area contributed by atoms with Crippen molar-refractivity contribution >= 4 is 11.8 Å². The second-order valence-corrected chi connectivity index (χ2v) is 12.2. The van der Waals surface area contributed by atoms with Gasteiger partial charge >= 0.3 is 0 Å². The third kappa shape index (κ3) is 5.73. The van der Waals surface area contributed by atoms with Crippen LogP contribution in [0.4, 0.5) is 0 Å². The summed E-state index contributed by atoms with van der Waals surface area (Å²) in [4.78, 5) is 43.6. The van der Waals surface area contributed by atoms with Crippen LogP contribution in [0.2, 0.25) is 0 Å². The van der Waals surface area contributed by atoms with E-state index in [-0.39, 0.29) is 29.8 Å². The van der Waals surface area contributed by atoms with E-state index < -0.39 is 11.0 Å². The van der Waals surface area contributed by atoms with E-state index in [1.165, 1.54) is 15.5 Å². The first-order chi connectivity index (χ1) is 19.6. The number of amides is 2. The second kappa shape index (κ2) is 11.6. The summed E-state index contributed by atoms with van der Waals surface area (Å²) in [6.07, 6.45) is 6.02. The molecule has 2 aliphatic rings. The van der Waals surface area contributed by atoms with Gasteiger partial charge in [-0.25, -0.2) is 0 Å². The molecule has 1 saturated carbocycles. The van der Waals surface area contributed by atoms with E-state index in [0.29, 0.717) is 37.1 Å². The molecular formula is C34H41N3O4. The normalized spacial score (nSPS) is 20.6. The van der Waals surface area contributed by atoms with Crippen molar-refractivity contribution in [3.05, 3.63) is 94.4 Å². The molecule has 1 aliphatic heterocycles. The van der Waals surface area contributed by atoms with E-state index in [2.05, 4.69) is 19.1 Å². The average Bonchev–Trinajstić information content (AvgIpc) is 3.46. The number of pyridine rings is 1. The van der Waals surface area contributed by atoms with Crippen molar-refractivity contribution in [3.8, 4) is 11.1 Å². The summed E-state index contributed by atoms with van der Waals surface area (Å²) in [7, 11) is 3.39. The number of carbonyl (C=O) groups is 2. The zero-order valence-electron chi connectivity index (χ0n) is 24.4. The van der Waals surface area contributed by atoms with E-state index in [9.17, 15) is 19.5 Å². The number of carbonyl (C=O) groups excluding carboxylic acids is 2. The van der Waals surface area contributed by atoms with E-state index >= 15 is 0 Å². The lowest BCUT2D eigenvalue weighted by Gasteiger charge is -2.52. The fourth-order valence-corrected chi connectivity index (χ4v) is 6.85. The van der Waals surface area contributed by atoms with Crippen molar-refractivity contribution in [2.45, 2.75) is 63.5 Å². The lowest BCUT2D eigenvalue weighted by molar-refractivity contribution is -0.160. The predicted octanol–water partition coefficient (Wildman–Crippen LogP) is 4.93. The molecule has 1 spiro atoms. The van der Waals surface area contributed by atoms with Crippen LogP contribution in [-0.2, 0) is 11.3 Å². The van der Waals surface area contributed by atoms with Gasteiger partial charge < -0.3 is 19.5 Å². The molecule has 7 heteroatoms. The Labute approximate surface area is 242 Å². The Morgan fingerprint density at radius 2 is 1.61 bits per heavy atom. The van der Waals surface area contributed by atoms with Crippen molar-refractivity contribution in [1.29, 1.82) is 0 Å². The lowest BCUT2D eigenvalue weighted by Crippen LogP contribution is -2.62. The summed E-state index contributed by atoms with van der Waals surface area (Å²) in [5.41, 5.74) is 1.04. The smallest absolute Gasteiger partial charge is 0.255 e. The zero-order valence-corrected chi connectivity index (χ0v) is 24.4. The number of rotatable bonds is 7. The van der Waals surface area contributed by atoms with Gasteiger partial charge in [0.15, 0.2) is 0 Å². The minimum absolute atomic E-state index is 0.0943. The molecule has 1 unspecified atom stereocenters. The monoisotopic (exact) mass is 555 g/mol. The van der Waals surface area contributed by atoms with Crippen LogP contribution in [0.25, 0.3) is 11.1 Å². The van der Waals surface area contributed by atoms with Crippen LogP contribution in [0, 0.1) is 5.41 Å². The highest BCUT2D eigenvalue weighted by molar-refractivity contribution is 6.00. The molecule has 1 aliphatic carbocycles. The minimum atomic E-state index is -1.16. The van der Waals surface area contributed by atoms with Crippen LogP contribution >= 0.6 is 0 Å². The van der Waals surface area contributed by atoms with Gasteiger partial charge in [-0.1, -0.05) is 80.4 Å². The Morgan fingerprint density at radius 3 is 2.24 bits per heavy atom. The molecule has 0 bridgehead atoms. The molecule has 2 aromatic carbocycles. The Morgan fingerprint density at radius 1 is 0.976 bits per heavy atom. The molecule has 1 aromatic heterocycles. The lowest BCUT2D eigenvalue weighted by atomic mass is 9.65. The Kier molecular flexibility index (Phi) is 8.18. The molecule has 2 atom stereocenters. The molecule has 3 aromatic rings. The summed E-state index contributed by atoms with van der Waals surface area (Å²) >= 11 is 0. The van der Waals surface area contributed by atoms with Crippen LogP contribution in [-0.4, -0.2) is 64.1 Å². The highest BCUT2D eigenvalue weighted by Crippen LogP contribution is 2.51. The summed E-state index contributed by atoms with van der Waals surface area (Å²) in [5, 5.41) is 12.3. The van der Waals surface area contributed by atoms with Gasteiger partial charge in [-0.2, -0.15) is 0 Å². The summed E-state index contributed by atoms with van der Waals surface area (Å²) in [5.74, 6) is 0.0180. The standard InChI is InChI=1S/C34H41N3O4/c1-25(26-12-6-4-7-13-26)20-30(38)36-19-18-34(41,33(23-36)16-10-11-17-33)24-37-22-29(32(40)35(2)3)28(21-31(37)39)27-14-8-5-9-15-27/h4-9,12-15,21-22,25,41H,10-11,16-20,23-24H2,1-3H3/t25-,34?/m1/s1. The van der Waals surface area contributed by atoms with Crippen molar-refractivity contribution in [2.24, 2.45) is 5.41 Å². The van der Waals surface area contributed by atoms with Crippen molar-refractivity contribution in [3.63, 3.8) is 0 Å². The maximum atomic E-state index is 13.5. The van der Waals surface area contributed by atoms with E-state index in [4.69, 9.17) is 0 Å². The molecule has 2 fully saturated rings. The Bertz CT molecular complexity index is 1440. The van der Waals surface area contributed by atoms with Crippen LogP contribution < -0.4 is 5.56 Å². The number of likely N-dealkylation sites (tertiary alicyclic amines) is 1. The van der Waals surface area contributed by atoms with Crippen LogP contribution in [0.3, 0.4) is 0 Å². The molecule has 0 radical (unpaired) electrons. The second-order valence-electron chi connectivity index (χ2n) is 12.2. The average molecular weight is 556 g/mol. The first kappa shape index (κ1) is 28.8. The number of nitrogens with zero attached hydrogens (tertiary/aromatic N) is 3. The van der Waals surface area contributed by atoms with Crippen molar-refractivity contribution in [1.82, 2.24) is 14.4 Å². The van der Waals surface area contributed by atoms with Gasteiger partial charge in [0.2, 0.25) is 5.91 Å². The number of benzene rings is 2. The number of piperidine rings is 1. The molecule has 2 amide bonds. The van der Waals surface area contributed by atoms with Crippen LogP contribution in [0.5, 0.6) is 0 Å². The molecule has 1 N–H and O–H groups in total. The molecule has 7 nitrogen and oxygen atoms in total. The molecule has 5 rings (SSSR count). The van der Waals surface area contributed by atoms with Crippen molar-refractivity contribution < 1.29 is 14.7 Å². The summed E-state index contributed by atoms with van der Waals surface area (Å²) < 4.78 is 1.51. The Hall–Kier alpha value is -3.71. The van der Waals surface area contributed by atoms with Gasteiger partial charge in [0.05, 0.1) is 17.7 Å². The summed E-state index contributed by atoms with van der Waals surface area (Å²) in [6, 6.07) is 21.0. The predicted molar refractivity (Wildman–Crippen MR) is 161 cm³/mol. The van der Waals surface area contributed by atoms with Gasteiger partial charge in [0.1, 0.15) is 0 Å². The topological polar surface area (TPSA) is 82.8 Å². The first-order valence-electron chi connectivity index (χ1n) is 14.7. The van der Waals surface area contributed by atoms with E-state index in [1.54, 1.807) is 20.3 Å².